The van der Waals surface area contributed by atoms with E-state index >= 15 is 0 Å². The highest BCUT2D eigenvalue weighted by atomic mass is 32.1. The van der Waals surface area contributed by atoms with E-state index in [1.54, 1.807) is 16.2 Å². The van der Waals surface area contributed by atoms with Gasteiger partial charge >= 0.3 is 0 Å². The quantitative estimate of drug-likeness (QED) is 0.885. The van der Waals surface area contributed by atoms with E-state index in [1.165, 1.54) is 11.3 Å². The Morgan fingerprint density at radius 2 is 2.12 bits per heavy atom. The summed E-state index contributed by atoms with van der Waals surface area (Å²) in [6.45, 7) is 4.96. The first-order chi connectivity index (χ1) is 12.6. The summed E-state index contributed by atoms with van der Waals surface area (Å²) in [6, 6.07) is 6.49. The summed E-state index contributed by atoms with van der Waals surface area (Å²) in [5.41, 5.74) is 2.15. The number of alkyl halides is 1. The molecule has 0 radical (unpaired) electrons. The lowest BCUT2D eigenvalue weighted by atomic mass is 10.1. The molecule has 0 saturated carbocycles. The highest BCUT2D eigenvalue weighted by Gasteiger charge is 2.29. The van der Waals surface area contributed by atoms with E-state index in [1.807, 2.05) is 13.0 Å². The molecule has 2 aromatic rings. The summed E-state index contributed by atoms with van der Waals surface area (Å²) in [4.78, 5) is 19.0. The molecule has 0 unspecified atom stereocenters. The van der Waals surface area contributed by atoms with Crippen LogP contribution in [0.2, 0.25) is 0 Å². The zero-order chi connectivity index (χ0) is 18.1. The van der Waals surface area contributed by atoms with Crippen LogP contribution >= 0.6 is 11.3 Å². The number of hydrogen-bond acceptors (Lipinski definition) is 4. The van der Waals surface area contributed by atoms with Crippen molar-refractivity contribution in [1.29, 1.82) is 0 Å². The van der Waals surface area contributed by atoms with Gasteiger partial charge in [-0.3, -0.25) is 14.8 Å². The molecule has 0 spiro atoms. The van der Waals surface area contributed by atoms with Gasteiger partial charge in [0.15, 0.2) is 0 Å². The number of thiophene rings is 1. The van der Waals surface area contributed by atoms with Crippen LogP contribution in [0.1, 0.15) is 57.7 Å². The van der Waals surface area contributed by atoms with Crippen molar-refractivity contribution < 1.29 is 9.18 Å². The third kappa shape index (κ3) is 3.69. The van der Waals surface area contributed by atoms with Crippen LogP contribution in [0.5, 0.6) is 0 Å². The third-order valence-electron chi connectivity index (χ3n) is 5.37. The zero-order valence-corrected chi connectivity index (χ0v) is 15.9. The smallest absolute Gasteiger partial charge is 0.263 e. The summed E-state index contributed by atoms with van der Waals surface area (Å²) >= 11 is 1.60. The van der Waals surface area contributed by atoms with Gasteiger partial charge in [0, 0.05) is 36.2 Å². The van der Waals surface area contributed by atoms with Crippen molar-refractivity contribution >= 4 is 17.2 Å². The number of nitrogens with zero attached hydrogens (tertiary/aromatic N) is 3. The average molecular weight is 377 g/mol. The largest absolute Gasteiger partial charge is 0.338 e. The third-order valence-corrected chi connectivity index (χ3v) is 6.54. The maximum absolute atomic E-state index is 13.3. The second kappa shape index (κ2) is 7.48. The van der Waals surface area contributed by atoms with Gasteiger partial charge in [-0.1, -0.05) is 0 Å². The Morgan fingerprint density at radius 1 is 1.31 bits per heavy atom. The lowest BCUT2D eigenvalue weighted by Crippen LogP contribution is -2.38. The second-order valence-corrected chi connectivity index (χ2v) is 8.45. The fourth-order valence-electron chi connectivity index (χ4n) is 3.95. The SMILES string of the molecule is Cc1cc(CN2CCC[C@@H]2c2ccc(C(=O)N3CCC(F)CC3)s2)n[nH]1. The first kappa shape index (κ1) is 17.7. The van der Waals surface area contributed by atoms with Crippen molar-refractivity contribution in [2.45, 2.75) is 51.4 Å². The number of aromatic amines is 1. The van der Waals surface area contributed by atoms with Crippen LogP contribution < -0.4 is 0 Å². The number of piperidine rings is 1. The number of amides is 1. The molecule has 26 heavy (non-hydrogen) atoms. The number of hydrogen-bond donors (Lipinski definition) is 1. The molecule has 2 aromatic heterocycles. The van der Waals surface area contributed by atoms with Gasteiger partial charge in [0.25, 0.3) is 5.91 Å². The van der Waals surface area contributed by atoms with Gasteiger partial charge in [-0.15, -0.1) is 11.3 Å². The molecule has 4 heterocycles. The predicted octanol–water partition coefficient (Wildman–Crippen LogP) is 3.69. The molecule has 1 atom stereocenters. The molecule has 0 aliphatic carbocycles. The number of halogens is 1. The summed E-state index contributed by atoms with van der Waals surface area (Å²) in [7, 11) is 0. The summed E-state index contributed by atoms with van der Waals surface area (Å²) in [5, 5.41) is 7.36. The minimum Gasteiger partial charge on any atom is -0.338 e. The van der Waals surface area contributed by atoms with Gasteiger partial charge in [-0.2, -0.15) is 5.10 Å². The number of H-pyrrole nitrogens is 1. The average Bonchev–Trinajstić information content (AvgIpc) is 3.36. The number of carbonyl (C=O) groups excluding carboxylic acids is 1. The van der Waals surface area contributed by atoms with Crippen LogP contribution in [-0.2, 0) is 6.54 Å². The van der Waals surface area contributed by atoms with Crippen LogP contribution in [0.3, 0.4) is 0 Å². The van der Waals surface area contributed by atoms with Crippen LogP contribution in [0.4, 0.5) is 4.39 Å². The number of aromatic nitrogens is 2. The lowest BCUT2D eigenvalue weighted by molar-refractivity contribution is 0.0672. The lowest BCUT2D eigenvalue weighted by Gasteiger charge is -2.28. The Hall–Kier alpha value is -1.73. The van der Waals surface area contributed by atoms with Gasteiger partial charge in [-0.05, 0) is 57.4 Å². The molecular weight excluding hydrogens is 351 g/mol. The Morgan fingerprint density at radius 3 is 2.85 bits per heavy atom. The maximum atomic E-state index is 13.3. The van der Waals surface area contributed by atoms with Gasteiger partial charge in [0.2, 0.25) is 0 Å². The normalized spacial score (nSPS) is 22.2. The van der Waals surface area contributed by atoms with E-state index in [0.717, 1.165) is 35.8 Å². The molecule has 2 aliphatic rings. The zero-order valence-electron chi connectivity index (χ0n) is 15.1. The molecule has 5 nitrogen and oxygen atoms in total. The molecule has 1 N–H and O–H groups in total. The molecule has 1 amide bonds. The van der Waals surface area contributed by atoms with Crippen molar-refractivity contribution in [3.63, 3.8) is 0 Å². The van der Waals surface area contributed by atoms with Gasteiger partial charge in [0.1, 0.15) is 6.17 Å². The van der Waals surface area contributed by atoms with Crippen molar-refractivity contribution in [3.8, 4) is 0 Å². The monoisotopic (exact) mass is 376 g/mol. The number of likely N-dealkylation sites (tertiary alicyclic amines) is 2. The van der Waals surface area contributed by atoms with Crippen LogP contribution in [0, 0.1) is 6.92 Å². The maximum Gasteiger partial charge on any atom is 0.263 e. The second-order valence-electron chi connectivity index (χ2n) is 7.34. The fourth-order valence-corrected chi connectivity index (χ4v) is 5.10. The summed E-state index contributed by atoms with van der Waals surface area (Å²) in [6.07, 6.45) is 2.45. The topological polar surface area (TPSA) is 52.2 Å². The van der Waals surface area contributed by atoms with Crippen LogP contribution in [0.15, 0.2) is 18.2 Å². The van der Waals surface area contributed by atoms with Crippen molar-refractivity contribution in [3.05, 3.63) is 39.3 Å². The number of nitrogens with one attached hydrogen (secondary N) is 1. The summed E-state index contributed by atoms with van der Waals surface area (Å²) in [5.74, 6) is 0.0561. The van der Waals surface area contributed by atoms with E-state index < -0.39 is 6.17 Å². The van der Waals surface area contributed by atoms with Crippen LogP contribution in [0.25, 0.3) is 0 Å². The Labute approximate surface area is 157 Å². The minimum atomic E-state index is -0.754. The molecular formula is C19H25FN4OS. The van der Waals surface area contributed by atoms with Gasteiger partial charge in [-0.25, -0.2) is 4.39 Å². The fraction of sp³-hybridized carbons (Fsp3) is 0.579. The highest BCUT2D eigenvalue weighted by molar-refractivity contribution is 7.14. The van der Waals surface area contributed by atoms with Crippen LogP contribution in [-0.4, -0.2) is 51.7 Å². The molecule has 0 bridgehead atoms. The number of carbonyl (C=O) groups is 1. The van der Waals surface area contributed by atoms with Crippen molar-refractivity contribution in [2.24, 2.45) is 0 Å². The molecule has 2 fully saturated rings. The van der Waals surface area contributed by atoms with Crippen molar-refractivity contribution in [1.82, 2.24) is 20.0 Å². The van der Waals surface area contributed by atoms with Gasteiger partial charge in [0.05, 0.1) is 10.6 Å². The Kier molecular flexibility index (Phi) is 5.09. The first-order valence-corrected chi connectivity index (χ1v) is 10.2. The number of aryl methyl sites for hydroxylation is 1. The Bertz CT molecular complexity index is 765. The molecule has 2 saturated heterocycles. The van der Waals surface area contributed by atoms with Crippen molar-refractivity contribution in [2.75, 3.05) is 19.6 Å². The van der Waals surface area contributed by atoms with Gasteiger partial charge < -0.3 is 4.90 Å². The molecule has 140 valence electrons. The van der Waals surface area contributed by atoms with E-state index in [9.17, 15) is 9.18 Å². The number of rotatable bonds is 4. The standard InChI is InChI=1S/C19H25FN4OS/c1-13-11-15(22-21-13)12-24-8-2-3-16(24)17-4-5-18(26-17)19(25)23-9-6-14(20)7-10-23/h4-5,11,14,16H,2-3,6-10,12H2,1H3,(H,21,22)/t16-/m1/s1. The highest BCUT2D eigenvalue weighted by Crippen LogP contribution is 2.37. The predicted molar refractivity (Wildman–Crippen MR) is 100 cm³/mol. The molecule has 4 rings (SSSR count). The molecule has 7 heteroatoms. The minimum absolute atomic E-state index is 0.0561. The first-order valence-electron chi connectivity index (χ1n) is 9.38. The van der Waals surface area contributed by atoms with E-state index in [-0.39, 0.29) is 5.91 Å². The molecule has 2 aliphatic heterocycles. The van der Waals surface area contributed by atoms with E-state index in [0.29, 0.717) is 32.0 Å². The van der Waals surface area contributed by atoms with E-state index in [4.69, 9.17) is 0 Å². The van der Waals surface area contributed by atoms with E-state index in [2.05, 4.69) is 27.2 Å². The molecule has 0 aromatic carbocycles. The summed E-state index contributed by atoms with van der Waals surface area (Å²) < 4.78 is 13.3. The Balaban J connectivity index is 1.44.